The van der Waals surface area contributed by atoms with Crippen LogP contribution in [-0.4, -0.2) is 62.0 Å². The van der Waals surface area contributed by atoms with E-state index in [1.807, 2.05) is 75.4 Å². The molecule has 12 heteroatoms. The lowest BCUT2D eigenvalue weighted by molar-refractivity contribution is -0.384. The maximum absolute atomic E-state index is 14.2. The van der Waals surface area contributed by atoms with E-state index in [1.165, 1.54) is 24.1 Å². The molecule has 3 aromatic rings. The third-order valence-electron chi connectivity index (χ3n) is 7.07. The molecule has 0 aliphatic heterocycles. The second kappa shape index (κ2) is 14.6. The van der Waals surface area contributed by atoms with Crippen molar-refractivity contribution >= 4 is 33.2 Å². The molecule has 0 aromatic heterocycles. The summed E-state index contributed by atoms with van der Waals surface area (Å²) in [5.41, 5.74) is 2.04. The molecule has 43 heavy (non-hydrogen) atoms. The number of nitro benzene ring substituents is 1. The Balaban J connectivity index is 2.13. The van der Waals surface area contributed by atoms with Crippen molar-refractivity contribution in [2.45, 2.75) is 52.2 Å². The van der Waals surface area contributed by atoms with Crippen LogP contribution in [0.4, 0.5) is 11.4 Å². The number of nitrogens with one attached hydrogen (secondary N) is 1. The van der Waals surface area contributed by atoms with Crippen LogP contribution in [0.1, 0.15) is 37.0 Å². The molecule has 0 spiro atoms. The fourth-order valence-electron chi connectivity index (χ4n) is 4.47. The molecule has 2 unspecified atom stereocenters. The number of rotatable bonds is 14. The van der Waals surface area contributed by atoms with Crippen molar-refractivity contribution in [3.8, 4) is 5.75 Å². The molecule has 0 fully saturated rings. The van der Waals surface area contributed by atoms with E-state index in [1.54, 1.807) is 0 Å². The summed E-state index contributed by atoms with van der Waals surface area (Å²) in [6.45, 7) is 5.03. The van der Waals surface area contributed by atoms with Crippen molar-refractivity contribution in [1.29, 1.82) is 0 Å². The van der Waals surface area contributed by atoms with Crippen molar-refractivity contribution in [2.75, 3.05) is 24.2 Å². The summed E-state index contributed by atoms with van der Waals surface area (Å²) in [5.74, 6) is -1.01. The molecule has 1 N–H and O–H groups in total. The number of sulfonamides is 1. The van der Waals surface area contributed by atoms with Gasteiger partial charge in [-0.25, -0.2) is 8.42 Å². The van der Waals surface area contributed by atoms with Gasteiger partial charge in [-0.2, -0.15) is 0 Å². The first-order valence-corrected chi connectivity index (χ1v) is 15.7. The molecule has 11 nitrogen and oxygen atoms in total. The molecule has 3 aromatic carbocycles. The molecular formula is C31H38N4O7S. The number of hydrogen-bond donors (Lipinski definition) is 1. The van der Waals surface area contributed by atoms with Gasteiger partial charge in [0.05, 0.1) is 18.3 Å². The molecule has 0 aliphatic rings. The number of hydrogen-bond acceptors (Lipinski definition) is 7. The quantitative estimate of drug-likeness (QED) is 0.213. The summed E-state index contributed by atoms with van der Waals surface area (Å²) in [7, 11) is -2.85. The fraction of sp³-hybridized carbons (Fsp3) is 0.355. The predicted octanol–water partition coefficient (Wildman–Crippen LogP) is 4.23. The van der Waals surface area contributed by atoms with Gasteiger partial charge in [0, 0.05) is 31.1 Å². The summed E-state index contributed by atoms with van der Waals surface area (Å²) >= 11 is 0. The van der Waals surface area contributed by atoms with Crippen LogP contribution in [0.3, 0.4) is 0 Å². The van der Waals surface area contributed by atoms with Gasteiger partial charge in [-0.15, -0.1) is 0 Å². The minimum Gasteiger partial charge on any atom is -0.495 e. The Labute approximate surface area is 252 Å². The van der Waals surface area contributed by atoms with E-state index in [9.17, 15) is 28.1 Å². The summed E-state index contributed by atoms with van der Waals surface area (Å²) in [4.78, 5) is 40.2. The van der Waals surface area contributed by atoms with Gasteiger partial charge >= 0.3 is 0 Å². The highest BCUT2D eigenvalue weighted by Crippen LogP contribution is 2.34. The molecule has 2 amide bonds. The molecule has 3 rings (SSSR count). The minimum absolute atomic E-state index is 0.0220. The van der Waals surface area contributed by atoms with E-state index in [0.29, 0.717) is 6.42 Å². The van der Waals surface area contributed by atoms with Gasteiger partial charge in [-0.1, -0.05) is 67.1 Å². The van der Waals surface area contributed by atoms with Gasteiger partial charge in [0.1, 0.15) is 24.0 Å². The first kappa shape index (κ1) is 33.1. The first-order valence-electron chi connectivity index (χ1n) is 13.8. The van der Waals surface area contributed by atoms with Crippen molar-refractivity contribution in [2.24, 2.45) is 0 Å². The lowest BCUT2D eigenvalue weighted by Crippen LogP contribution is -2.54. The number of anilines is 1. The van der Waals surface area contributed by atoms with Crippen LogP contribution >= 0.6 is 0 Å². The van der Waals surface area contributed by atoms with Crippen LogP contribution in [0.25, 0.3) is 0 Å². The van der Waals surface area contributed by atoms with Gasteiger partial charge in [0.25, 0.3) is 5.69 Å². The average Bonchev–Trinajstić information content (AvgIpc) is 2.97. The Morgan fingerprint density at radius 2 is 1.67 bits per heavy atom. The van der Waals surface area contributed by atoms with Crippen molar-refractivity contribution in [3.05, 3.63) is 99.6 Å². The summed E-state index contributed by atoms with van der Waals surface area (Å²) < 4.78 is 32.2. The Bertz CT molecular complexity index is 1530. The topological polar surface area (TPSA) is 139 Å². The van der Waals surface area contributed by atoms with Gasteiger partial charge in [0.2, 0.25) is 21.8 Å². The molecule has 0 bridgehead atoms. The highest BCUT2D eigenvalue weighted by Gasteiger charge is 2.34. The second-order valence-electron chi connectivity index (χ2n) is 10.4. The second-order valence-corrected chi connectivity index (χ2v) is 12.3. The number of nitrogens with zero attached hydrogens (tertiary/aromatic N) is 3. The number of non-ortho nitro benzene ring substituents is 1. The minimum atomic E-state index is -4.15. The molecule has 0 saturated heterocycles. The monoisotopic (exact) mass is 610 g/mol. The number of amides is 2. The zero-order valence-electron chi connectivity index (χ0n) is 25.0. The highest BCUT2D eigenvalue weighted by molar-refractivity contribution is 7.92. The zero-order valence-corrected chi connectivity index (χ0v) is 25.8. The van der Waals surface area contributed by atoms with Crippen molar-refractivity contribution < 1.29 is 27.7 Å². The average molecular weight is 611 g/mol. The molecule has 2 atom stereocenters. The largest absolute Gasteiger partial charge is 0.495 e. The van der Waals surface area contributed by atoms with E-state index in [2.05, 4.69) is 5.32 Å². The smallest absolute Gasteiger partial charge is 0.271 e. The first-order chi connectivity index (χ1) is 20.3. The van der Waals surface area contributed by atoms with Crippen LogP contribution in [0.15, 0.2) is 72.8 Å². The van der Waals surface area contributed by atoms with Gasteiger partial charge in [-0.05, 0) is 37.5 Å². The summed E-state index contributed by atoms with van der Waals surface area (Å²) in [6.07, 6.45) is 1.75. The predicted molar refractivity (Wildman–Crippen MR) is 165 cm³/mol. The van der Waals surface area contributed by atoms with Crippen LogP contribution in [0, 0.1) is 17.0 Å². The Hall–Kier alpha value is -4.45. The number of ether oxygens (including phenoxy) is 1. The lowest BCUT2D eigenvalue weighted by Gasteiger charge is -2.34. The summed E-state index contributed by atoms with van der Waals surface area (Å²) in [5, 5.41) is 14.5. The van der Waals surface area contributed by atoms with Crippen molar-refractivity contribution in [1.82, 2.24) is 10.2 Å². The van der Waals surface area contributed by atoms with Gasteiger partial charge in [-0.3, -0.25) is 24.0 Å². The van der Waals surface area contributed by atoms with Crippen LogP contribution < -0.4 is 14.4 Å². The van der Waals surface area contributed by atoms with Gasteiger partial charge in [0.15, 0.2) is 0 Å². The molecular weight excluding hydrogens is 572 g/mol. The number of carbonyl (C=O) groups is 2. The van der Waals surface area contributed by atoms with Crippen LogP contribution in [0.5, 0.6) is 5.75 Å². The van der Waals surface area contributed by atoms with E-state index < -0.39 is 33.4 Å². The molecule has 0 radical (unpaired) electrons. The third-order valence-corrected chi connectivity index (χ3v) is 8.19. The van der Waals surface area contributed by atoms with E-state index in [0.717, 1.165) is 33.3 Å². The normalized spacial score (nSPS) is 12.6. The number of nitro groups is 1. The Morgan fingerprint density at radius 3 is 2.23 bits per heavy atom. The van der Waals surface area contributed by atoms with E-state index in [4.69, 9.17) is 4.74 Å². The van der Waals surface area contributed by atoms with Crippen molar-refractivity contribution in [3.63, 3.8) is 0 Å². The van der Waals surface area contributed by atoms with E-state index in [-0.39, 0.29) is 42.0 Å². The standard InChI is InChI=1S/C31H38N4O7S/c1-6-23(3)32-31(37)28(18-24-10-8-7-9-11-24)33(20-25-14-12-22(2)13-15-25)30(36)21-34(43(5,40)41)27-19-26(35(38)39)16-17-29(27)42-4/h7-17,19,23,28H,6,18,20-21H2,1-5H3,(H,32,37). The number of carbonyl (C=O) groups excluding carboxylic acids is 2. The molecule has 0 aliphatic carbocycles. The Kier molecular flexibility index (Phi) is 11.2. The lowest BCUT2D eigenvalue weighted by atomic mass is 10.0. The van der Waals surface area contributed by atoms with E-state index >= 15 is 0 Å². The maximum Gasteiger partial charge on any atom is 0.271 e. The number of methoxy groups -OCH3 is 1. The van der Waals surface area contributed by atoms with Crippen LogP contribution in [0.2, 0.25) is 0 Å². The van der Waals surface area contributed by atoms with Gasteiger partial charge < -0.3 is 15.0 Å². The maximum atomic E-state index is 14.2. The number of benzene rings is 3. The Morgan fingerprint density at radius 1 is 1.02 bits per heavy atom. The summed E-state index contributed by atoms with van der Waals surface area (Å²) in [6, 6.07) is 19.1. The fourth-order valence-corrected chi connectivity index (χ4v) is 5.31. The molecule has 230 valence electrons. The van der Waals surface area contributed by atoms with Crippen LogP contribution in [-0.2, 0) is 32.6 Å². The SMILES string of the molecule is CCC(C)NC(=O)C(Cc1ccccc1)N(Cc1ccc(C)cc1)C(=O)CN(c1cc([N+](=O)[O-])ccc1OC)S(C)(=O)=O. The molecule has 0 saturated carbocycles. The number of aryl methyl sites for hydroxylation is 1. The zero-order chi connectivity index (χ0) is 31.7. The molecule has 0 heterocycles. The highest BCUT2D eigenvalue weighted by atomic mass is 32.2. The third kappa shape index (κ3) is 9.02.